The van der Waals surface area contributed by atoms with Crippen molar-refractivity contribution in [1.82, 2.24) is 0 Å². The Balaban J connectivity index is 2.39. The van der Waals surface area contributed by atoms with E-state index in [0.29, 0.717) is 0 Å². The fourth-order valence-electron chi connectivity index (χ4n) is 1.80. The maximum absolute atomic E-state index is 13.2. The summed E-state index contributed by atoms with van der Waals surface area (Å²) in [6.07, 6.45) is 0. The largest absolute Gasteiger partial charge is 0.207 e. The molecule has 1 unspecified atom stereocenters. The van der Waals surface area contributed by atoms with Crippen LogP contribution in [0.1, 0.15) is 27.6 Å². The van der Waals surface area contributed by atoms with Crippen molar-refractivity contribution in [3.63, 3.8) is 0 Å². The third-order valence-electron chi connectivity index (χ3n) is 2.88. The molecule has 0 radical (unpaired) electrons. The van der Waals surface area contributed by atoms with E-state index in [1.54, 1.807) is 6.07 Å². The van der Waals surface area contributed by atoms with E-state index in [0.717, 1.165) is 16.7 Å². The second-order valence-electron chi connectivity index (χ2n) is 4.27. The summed E-state index contributed by atoms with van der Waals surface area (Å²) in [5.41, 5.74) is 4.02. The zero-order chi connectivity index (χ0) is 12.4. The molecule has 0 nitrogen and oxygen atoms in total. The molecular formula is C15H14ClF. The first-order valence-electron chi connectivity index (χ1n) is 5.54. The molecule has 0 fully saturated rings. The Kier molecular flexibility index (Phi) is 3.49. The number of benzene rings is 2. The van der Waals surface area contributed by atoms with Gasteiger partial charge in [0, 0.05) is 0 Å². The van der Waals surface area contributed by atoms with E-state index in [-0.39, 0.29) is 11.2 Å². The Bertz CT molecular complexity index is 517. The van der Waals surface area contributed by atoms with Crippen LogP contribution in [0.15, 0.2) is 42.5 Å². The molecule has 0 aliphatic rings. The van der Waals surface area contributed by atoms with Crippen LogP contribution in [-0.4, -0.2) is 0 Å². The first kappa shape index (κ1) is 12.1. The number of hydrogen-bond acceptors (Lipinski definition) is 0. The normalized spacial score (nSPS) is 12.5. The summed E-state index contributed by atoms with van der Waals surface area (Å²) < 4.78 is 13.2. The molecule has 0 aliphatic carbocycles. The van der Waals surface area contributed by atoms with Crippen LogP contribution in [0, 0.1) is 19.7 Å². The van der Waals surface area contributed by atoms with E-state index in [2.05, 4.69) is 0 Å². The molecule has 17 heavy (non-hydrogen) atoms. The number of rotatable bonds is 2. The first-order chi connectivity index (χ1) is 8.08. The Labute approximate surface area is 106 Å². The van der Waals surface area contributed by atoms with Crippen LogP contribution in [0.4, 0.5) is 4.39 Å². The van der Waals surface area contributed by atoms with Gasteiger partial charge in [-0.05, 0) is 42.7 Å². The molecule has 0 bridgehead atoms. The van der Waals surface area contributed by atoms with Gasteiger partial charge in [0.1, 0.15) is 5.82 Å². The third-order valence-corrected chi connectivity index (χ3v) is 3.37. The van der Waals surface area contributed by atoms with Crippen molar-refractivity contribution in [2.24, 2.45) is 0 Å². The Morgan fingerprint density at radius 2 is 1.65 bits per heavy atom. The highest BCUT2D eigenvalue weighted by Crippen LogP contribution is 2.31. The molecule has 2 aromatic rings. The first-order valence-corrected chi connectivity index (χ1v) is 5.98. The van der Waals surface area contributed by atoms with Crippen LogP contribution in [0.3, 0.4) is 0 Å². The molecule has 1 atom stereocenters. The van der Waals surface area contributed by atoms with E-state index in [4.69, 9.17) is 11.6 Å². The fourth-order valence-corrected chi connectivity index (χ4v) is 2.18. The second kappa shape index (κ2) is 4.89. The van der Waals surface area contributed by atoms with Gasteiger partial charge in [0.2, 0.25) is 0 Å². The molecule has 0 N–H and O–H groups in total. The van der Waals surface area contributed by atoms with Gasteiger partial charge in [0.25, 0.3) is 0 Å². The summed E-state index contributed by atoms with van der Waals surface area (Å²) in [6.45, 7) is 3.97. The molecule has 0 spiro atoms. The maximum atomic E-state index is 13.2. The molecule has 0 aliphatic heterocycles. The van der Waals surface area contributed by atoms with Gasteiger partial charge in [0.05, 0.1) is 5.38 Å². The lowest BCUT2D eigenvalue weighted by Gasteiger charge is -2.13. The molecule has 0 heterocycles. The molecule has 0 aromatic heterocycles. The highest BCUT2D eigenvalue weighted by Gasteiger charge is 2.13. The average Bonchev–Trinajstić information content (AvgIpc) is 2.32. The van der Waals surface area contributed by atoms with E-state index < -0.39 is 0 Å². The minimum absolute atomic E-state index is 0.247. The van der Waals surface area contributed by atoms with Gasteiger partial charge in [-0.2, -0.15) is 0 Å². The second-order valence-corrected chi connectivity index (χ2v) is 4.71. The van der Waals surface area contributed by atoms with Crippen LogP contribution in [0.5, 0.6) is 0 Å². The van der Waals surface area contributed by atoms with Gasteiger partial charge >= 0.3 is 0 Å². The molecular weight excluding hydrogens is 235 g/mol. The zero-order valence-electron chi connectivity index (χ0n) is 9.87. The van der Waals surface area contributed by atoms with Crippen molar-refractivity contribution in [3.8, 4) is 0 Å². The molecule has 2 aromatic carbocycles. The summed E-state index contributed by atoms with van der Waals surface area (Å²) in [6, 6.07) is 12.7. The minimum Gasteiger partial charge on any atom is -0.207 e. The van der Waals surface area contributed by atoms with Crippen molar-refractivity contribution in [3.05, 3.63) is 70.5 Å². The van der Waals surface area contributed by atoms with E-state index >= 15 is 0 Å². The molecule has 88 valence electrons. The molecule has 0 saturated heterocycles. The van der Waals surface area contributed by atoms with Gasteiger partial charge in [-0.25, -0.2) is 4.39 Å². The average molecular weight is 249 g/mol. The lowest BCUT2D eigenvalue weighted by molar-refractivity contribution is 0.625. The molecule has 0 amide bonds. The minimum atomic E-state index is -0.300. The predicted molar refractivity (Wildman–Crippen MR) is 70.0 cm³/mol. The quantitative estimate of drug-likeness (QED) is 0.672. The topological polar surface area (TPSA) is 0 Å². The van der Waals surface area contributed by atoms with Crippen molar-refractivity contribution in [2.45, 2.75) is 19.2 Å². The fraction of sp³-hybridized carbons (Fsp3) is 0.200. The van der Waals surface area contributed by atoms with Crippen LogP contribution in [0.25, 0.3) is 0 Å². The Morgan fingerprint density at radius 1 is 1.00 bits per heavy atom. The molecule has 0 saturated carbocycles. The summed E-state index contributed by atoms with van der Waals surface area (Å²) in [5, 5.41) is -0.300. The van der Waals surface area contributed by atoms with Crippen LogP contribution >= 0.6 is 11.6 Å². The van der Waals surface area contributed by atoms with Gasteiger partial charge < -0.3 is 0 Å². The smallest absolute Gasteiger partial charge is 0.123 e. The van der Waals surface area contributed by atoms with Gasteiger partial charge in [-0.3, -0.25) is 0 Å². The number of aryl methyl sites for hydroxylation is 2. The lowest BCUT2D eigenvalue weighted by Crippen LogP contribution is -1.97. The van der Waals surface area contributed by atoms with Crippen molar-refractivity contribution in [1.29, 1.82) is 0 Å². The van der Waals surface area contributed by atoms with Crippen LogP contribution < -0.4 is 0 Å². The van der Waals surface area contributed by atoms with Gasteiger partial charge in [0.15, 0.2) is 0 Å². The van der Waals surface area contributed by atoms with Gasteiger partial charge in [-0.1, -0.05) is 35.9 Å². The number of halogens is 2. The standard InChI is InChI=1S/C15H14ClF/c1-10-3-6-12(7-4-10)15(16)14-9-13(17)8-5-11(14)2/h3-9,15H,1-2H3. The van der Waals surface area contributed by atoms with Crippen molar-refractivity contribution < 1.29 is 4.39 Å². The van der Waals surface area contributed by atoms with Gasteiger partial charge in [-0.15, -0.1) is 11.6 Å². The molecule has 2 rings (SSSR count). The zero-order valence-corrected chi connectivity index (χ0v) is 10.6. The van der Waals surface area contributed by atoms with E-state index in [1.807, 2.05) is 38.1 Å². The third kappa shape index (κ3) is 2.67. The van der Waals surface area contributed by atoms with Crippen LogP contribution in [0.2, 0.25) is 0 Å². The predicted octanol–water partition coefficient (Wildman–Crippen LogP) is 4.77. The highest BCUT2D eigenvalue weighted by atomic mass is 35.5. The monoisotopic (exact) mass is 248 g/mol. The number of alkyl halides is 1. The van der Waals surface area contributed by atoms with Crippen molar-refractivity contribution >= 4 is 11.6 Å². The highest BCUT2D eigenvalue weighted by molar-refractivity contribution is 6.22. The summed E-state index contributed by atoms with van der Waals surface area (Å²) in [4.78, 5) is 0. The Hall–Kier alpha value is -1.34. The summed E-state index contributed by atoms with van der Waals surface area (Å²) in [5.74, 6) is -0.247. The summed E-state index contributed by atoms with van der Waals surface area (Å²) >= 11 is 6.39. The summed E-state index contributed by atoms with van der Waals surface area (Å²) in [7, 11) is 0. The SMILES string of the molecule is Cc1ccc(C(Cl)c2cc(F)ccc2C)cc1. The van der Waals surface area contributed by atoms with Crippen LogP contribution in [-0.2, 0) is 0 Å². The lowest BCUT2D eigenvalue weighted by atomic mass is 9.99. The maximum Gasteiger partial charge on any atom is 0.123 e. The van der Waals surface area contributed by atoms with Crippen molar-refractivity contribution in [2.75, 3.05) is 0 Å². The molecule has 2 heteroatoms. The number of hydrogen-bond donors (Lipinski definition) is 0. The Morgan fingerprint density at radius 3 is 2.29 bits per heavy atom. The van der Waals surface area contributed by atoms with E-state index in [9.17, 15) is 4.39 Å². The van der Waals surface area contributed by atoms with E-state index in [1.165, 1.54) is 17.7 Å².